The molecule has 2 nitrogen and oxygen atoms in total. The van der Waals surface area contributed by atoms with Crippen molar-refractivity contribution in [3.05, 3.63) is 35.4 Å². The first-order chi connectivity index (χ1) is 9.06. The fourth-order valence-electron chi connectivity index (χ4n) is 2.66. The molecule has 0 amide bonds. The quantitative estimate of drug-likeness (QED) is 0.907. The maximum absolute atomic E-state index is 13.6. The highest BCUT2D eigenvalue weighted by atomic mass is 19.1. The van der Waals surface area contributed by atoms with Crippen molar-refractivity contribution in [1.82, 2.24) is 0 Å². The average Bonchev–Trinajstić information content (AvgIpc) is 2.36. The van der Waals surface area contributed by atoms with E-state index in [1.165, 1.54) is 25.0 Å². The summed E-state index contributed by atoms with van der Waals surface area (Å²) < 4.78 is 32.1. The van der Waals surface area contributed by atoms with Gasteiger partial charge in [0.05, 0.1) is 18.8 Å². The van der Waals surface area contributed by atoms with Crippen molar-refractivity contribution in [2.75, 3.05) is 6.61 Å². The molecule has 2 N–H and O–H groups in total. The maximum atomic E-state index is 13.6. The van der Waals surface area contributed by atoms with Gasteiger partial charge in [-0.2, -0.15) is 0 Å². The summed E-state index contributed by atoms with van der Waals surface area (Å²) in [5.74, 6) is -0.513. The molecule has 1 aromatic carbocycles. The van der Waals surface area contributed by atoms with Crippen molar-refractivity contribution >= 4 is 0 Å². The lowest BCUT2D eigenvalue weighted by molar-refractivity contribution is 0.00815. The van der Waals surface area contributed by atoms with E-state index < -0.39 is 17.7 Å². The first-order valence-corrected chi connectivity index (χ1v) is 6.88. The van der Waals surface area contributed by atoms with Crippen LogP contribution in [0.2, 0.25) is 0 Å². The summed E-state index contributed by atoms with van der Waals surface area (Å²) in [6.45, 7) is 2.50. The minimum atomic E-state index is -0.604. The Kier molecular flexibility index (Phi) is 4.88. The van der Waals surface area contributed by atoms with E-state index in [-0.39, 0.29) is 12.7 Å². The van der Waals surface area contributed by atoms with Crippen LogP contribution in [0, 0.1) is 17.6 Å². The molecule has 0 radical (unpaired) electrons. The van der Waals surface area contributed by atoms with Gasteiger partial charge in [0.2, 0.25) is 0 Å². The number of rotatable bonds is 4. The van der Waals surface area contributed by atoms with Crippen LogP contribution in [0.25, 0.3) is 0 Å². The third kappa shape index (κ3) is 3.98. The van der Waals surface area contributed by atoms with Crippen molar-refractivity contribution < 1.29 is 13.5 Å². The van der Waals surface area contributed by atoms with Crippen LogP contribution in [-0.2, 0) is 4.74 Å². The van der Waals surface area contributed by atoms with Crippen molar-refractivity contribution in [3.63, 3.8) is 0 Å². The zero-order valence-corrected chi connectivity index (χ0v) is 11.2. The highest BCUT2D eigenvalue weighted by molar-refractivity contribution is 5.21. The van der Waals surface area contributed by atoms with Crippen molar-refractivity contribution in [3.8, 4) is 0 Å². The van der Waals surface area contributed by atoms with E-state index in [1.54, 1.807) is 0 Å². The third-order valence-corrected chi connectivity index (χ3v) is 3.76. The molecule has 1 aliphatic carbocycles. The van der Waals surface area contributed by atoms with Crippen LogP contribution in [-0.4, -0.2) is 12.7 Å². The Morgan fingerprint density at radius 3 is 2.84 bits per heavy atom. The molecule has 4 heteroatoms. The number of hydrogen-bond donors (Lipinski definition) is 1. The Balaban J connectivity index is 1.88. The van der Waals surface area contributed by atoms with Gasteiger partial charge in [-0.25, -0.2) is 8.78 Å². The molecule has 2 rings (SSSR count). The van der Waals surface area contributed by atoms with Gasteiger partial charge in [0.1, 0.15) is 11.6 Å². The first kappa shape index (κ1) is 14.4. The lowest BCUT2D eigenvalue weighted by Crippen LogP contribution is -2.26. The van der Waals surface area contributed by atoms with Crippen LogP contribution in [0.4, 0.5) is 8.78 Å². The summed E-state index contributed by atoms with van der Waals surface area (Å²) in [5.41, 5.74) is 6.22. The van der Waals surface area contributed by atoms with Crippen LogP contribution in [0.5, 0.6) is 0 Å². The highest BCUT2D eigenvalue weighted by Gasteiger charge is 2.21. The number of ether oxygens (including phenoxy) is 1. The molecule has 0 heterocycles. The Bertz CT molecular complexity index is 425. The Morgan fingerprint density at radius 2 is 2.16 bits per heavy atom. The van der Waals surface area contributed by atoms with Crippen molar-refractivity contribution in [2.24, 2.45) is 11.7 Å². The molecule has 0 spiro atoms. The van der Waals surface area contributed by atoms with Gasteiger partial charge in [-0.15, -0.1) is 0 Å². The molecule has 0 bridgehead atoms. The molecule has 1 aromatic rings. The van der Waals surface area contributed by atoms with Gasteiger partial charge in [0.25, 0.3) is 0 Å². The molecule has 0 aromatic heterocycles. The molecule has 0 saturated heterocycles. The topological polar surface area (TPSA) is 35.2 Å². The summed E-state index contributed by atoms with van der Waals surface area (Å²) in [7, 11) is 0. The predicted octanol–water partition coefficient (Wildman–Crippen LogP) is 3.56. The molecular formula is C15H21F2NO. The van der Waals surface area contributed by atoms with Crippen molar-refractivity contribution in [2.45, 2.75) is 44.8 Å². The zero-order chi connectivity index (χ0) is 13.8. The van der Waals surface area contributed by atoms with Crippen LogP contribution < -0.4 is 5.73 Å². The zero-order valence-electron chi connectivity index (χ0n) is 11.2. The second-order valence-corrected chi connectivity index (χ2v) is 5.50. The number of nitrogens with two attached hydrogens (primary N) is 1. The van der Waals surface area contributed by atoms with Gasteiger partial charge in [0, 0.05) is 11.6 Å². The van der Waals surface area contributed by atoms with Crippen molar-refractivity contribution in [1.29, 1.82) is 0 Å². The maximum Gasteiger partial charge on any atom is 0.130 e. The van der Waals surface area contributed by atoms with E-state index in [0.717, 1.165) is 18.9 Å². The second-order valence-electron chi connectivity index (χ2n) is 5.50. The summed E-state index contributed by atoms with van der Waals surface area (Å²) in [6, 6.07) is 2.93. The monoisotopic (exact) mass is 269 g/mol. The number of halogens is 2. The summed E-state index contributed by atoms with van der Waals surface area (Å²) >= 11 is 0. The van der Waals surface area contributed by atoms with E-state index in [2.05, 4.69) is 6.92 Å². The van der Waals surface area contributed by atoms with E-state index >= 15 is 0 Å². The smallest absolute Gasteiger partial charge is 0.130 e. The Hall–Kier alpha value is -1.00. The molecule has 3 unspecified atom stereocenters. The largest absolute Gasteiger partial charge is 0.376 e. The standard InChI is InChI=1S/C15H21F2NO/c1-10-3-2-4-12(7-10)19-9-15(18)13-6-5-11(16)8-14(13)17/h5-6,8,10,12,15H,2-4,7,9,18H2,1H3. The Labute approximate surface area is 112 Å². The SMILES string of the molecule is CC1CCCC(OCC(N)c2ccc(F)cc2F)C1. The van der Waals surface area contributed by atoms with Crippen LogP contribution >= 0.6 is 0 Å². The fraction of sp³-hybridized carbons (Fsp3) is 0.600. The lowest BCUT2D eigenvalue weighted by atomic mass is 9.89. The third-order valence-electron chi connectivity index (χ3n) is 3.76. The van der Waals surface area contributed by atoms with Gasteiger partial charge in [-0.05, 0) is 24.8 Å². The van der Waals surface area contributed by atoms with E-state index in [4.69, 9.17) is 10.5 Å². The van der Waals surface area contributed by atoms with Gasteiger partial charge in [0.15, 0.2) is 0 Å². The lowest BCUT2D eigenvalue weighted by Gasteiger charge is -2.28. The second kappa shape index (κ2) is 6.44. The predicted molar refractivity (Wildman–Crippen MR) is 70.7 cm³/mol. The number of hydrogen-bond acceptors (Lipinski definition) is 2. The number of benzene rings is 1. The minimum Gasteiger partial charge on any atom is -0.376 e. The molecule has 1 aliphatic rings. The summed E-state index contributed by atoms with van der Waals surface area (Å²) in [4.78, 5) is 0. The van der Waals surface area contributed by atoms with Gasteiger partial charge in [-0.1, -0.05) is 25.8 Å². The molecule has 3 atom stereocenters. The fourth-order valence-corrected chi connectivity index (χ4v) is 2.66. The van der Waals surface area contributed by atoms with Crippen LogP contribution in [0.1, 0.15) is 44.2 Å². The normalized spacial score (nSPS) is 25.3. The van der Waals surface area contributed by atoms with E-state index in [9.17, 15) is 8.78 Å². The molecule has 19 heavy (non-hydrogen) atoms. The van der Waals surface area contributed by atoms with Gasteiger partial charge in [-0.3, -0.25) is 0 Å². The molecular weight excluding hydrogens is 248 g/mol. The van der Waals surface area contributed by atoms with E-state index in [1.807, 2.05) is 0 Å². The van der Waals surface area contributed by atoms with Crippen LogP contribution in [0.3, 0.4) is 0 Å². The van der Waals surface area contributed by atoms with E-state index in [0.29, 0.717) is 11.5 Å². The van der Waals surface area contributed by atoms with Gasteiger partial charge >= 0.3 is 0 Å². The molecule has 106 valence electrons. The molecule has 0 aliphatic heterocycles. The summed E-state index contributed by atoms with van der Waals surface area (Å²) in [5, 5.41) is 0. The van der Waals surface area contributed by atoms with Crippen LogP contribution in [0.15, 0.2) is 18.2 Å². The van der Waals surface area contributed by atoms with Gasteiger partial charge < -0.3 is 10.5 Å². The average molecular weight is 269 g/mol. The Morgan fingerprint density at radius 1 is 1.37 bits per heavy atom. The first-order valence-electron chi connectivity index (χ1n) is 6.88. The highest BCUT2D eigenvalue weighted by Crippen LogP contribution is 2.26. The minimum absolute atomic E-state index is 0.221. The molecule has 1 fully saturated rings. The summed E-state index contributed by atoms with van der Waals surface area (Å²) in [6.07, 6.45) is 4.73. The molecule has 1 saturated carbocycles.